The molecule has 1 atom stereocenters. The van der Waals surface area contributed by atoms with Gasteiger partial charge in [-0.05, 0) is 13.5 Å². The molecule has 1 unspecified atom stereocenters. The molecule has 1 fully saturated rings. The maximum Gasteiger partial charge on any atom is 0.0477 e. The van der Waals surface area contributed by atoms with Crippen molar-refractivity contribution in [2.24, 2.45) is 0 Å². The van der Waals surface area contributed by atoms with Crippen molar-refractivity contribution in [2.45, 2.75) is 12.5 Å². The van der Waals surface area contributed by atoms with Gasteiger partial charge in [0.25, 0.3) is 0 Å². The standard InChI is InChI=1S/C8H17N2O/c1-10-5-4-9-7-8(10)3-6-11-2/h8H,3-7H2,1-2H3. The zero-order valence-electron chi connectivity index (χ0n) is 7.42. The van der Waals surface area contributed by atoms with Crippen molar-refractivity contribution in [3.8, 4) is 0 Å². The smallest absolute Gasteiger partial charge is 0.0477 e. The van der Waals surface area contributed by atoms with Gasteiger partial charge in [-0.15, -0.1) is 0 Å². The summed E-state index contributed by atoms with van der Waals surface area (Å²) < 4.78 is 5.02. The molecule has 0 aromatic rings. The molecule has 11 heavy (non-hydrogen) atoms. The van der Waals surface area contributed by atoms with Crippen LogP contribution in [0, 0.1) is 0 Å². The van der Waals surface area contributed by atoms with Crippen LogP contribution in [0.2, 0.25) is 0 Å². The Balaban J connectivity index is 2.18. The summed E-state index contributed by atoms with van der Waals surface area (Å²) in [6.07, 6.45) is 1.11. The van der Waals surface area contributed by atoms with E-state index in [4.69, 9.17) is 4.74 Å². The van der Waals surface area contributed by atoms with Crippen LogP contribution < -0.4 is 5.32 Å². The summed E-state index contributed by atoms with van der Waals surface area (Å²) >= 11 is 0. The van der Waals surface area contributed by atoms with Gasteiger partial charge in [-0.3, -0.25) is 0 Å². The van der Waals surface area contributed by atoms with E-state index in [9.17, 15) is 0 Å². The van der Waals surface area contributed by atoms with Crippen LogP contribution in [0.15, 0.2) is 0 Å². The van der Waals surface area contributed by atoms with Crippen LogP contribution in [0.1, 0.15) is 6.42 Å². The highest BCUT2D eigenvalue weighted by Crippen LogP contribution is 2.04. The molecule has 1 rings (SSSR count). The summed E-state index contributed by atoms with van der Waals surface area (Å²) in [5, 5.41) is 4.36. The van der Waals surface area contributed by atoms with Crippen LogP contribution in [0.4, 0.5) is 0 Å². The van der Waals surface area contributed by atoms with Crippen molar-refractivity contribution in [1.29, 1.82) is 0 Å². The van der Waals surface area contributed by atoms with Crippen molar-refractivity contribution < 1.29 is 4.74 Å². The van der Waals surface area contributed by atoms with Crippen LogP contribution in [-0.4, -0.2) is 51.3 Å². The van der Waals surface area contributed by atoms with Crippen LogP contribution >= 0.6 is 0 Å². The number of nitrogens with zero attached hydrogens (tertiary/aromatic N) is 2. The third-order valence-electron chi connectivity index (χ3n) is 2.23. The Labute approximate surface area is 68.7 Å². The quantitative estimate of drug-likeness (QED) is 0.574. The van der Waals surface area contributed by atoms with Gasteiger partial charge in [0.2, 0.25) is 0 Å². The number of hydrogen-bond donors (Lipinski definition) is 0. The first-order valence-corrected chi connectivity index (χ1v) is 4.17. The third kappa shape index (κ3) is 2.77. The molecular formula is C8H17N2O. The van der Waals surface area contributed by atoms with E-state index in [1.54, 1.807) is 7.11 Å². The summed E-state index contributed by atoms with van der Waals surface area (Å²) in [4.78, 5) is 2.37. The fourth-order valence-corrected chi connectivity index (χ4v) is 1.36. The zero-order chi connectivity index (χ0) is 8.10. The SMILES string of the molecule is COCCC1C[N]CCN1C. The second-order valence-electron chi connectivity index (χ2n) is 3.05. The van der Waals surface area contributed by atoms with Crippen molar-refractivity contribution in [2.75, 3.05) is 40.4 Å². The lowest BCUT2D eigenvalue weighted by Gasteiger charge is -2.31. The normalized spacial score (nSPS) is 27.3. The monoisotopic (exact) mass is 157 g/mol. The molecule has 3 nitrogen and oxygen atoms in total. The van der Waals surface area contributed by atoms with Crippen LogP contribution in [-0.2, 0) is 4.74 Å². The fourth-order valence-electron chi connectivity index (χ4n) is 1.36. The number of likely N-dealkylation sites (N-methyl/N-ethyl adjacent to an activating group) is 1. The van der Waals surface area contributed by atoms with Gasteiger partial charge in [0.15, 0.2) is 0 Å². The summed E-state index contributed by atoms with van der Waals surface area (Å²) in [6.45, 7) is 3.94. The average molecular weight is 157 g/mol. The Bertz CT molecular complexity index is 108. The van der Waals surface area contributed by atoms with E-state index in [-0.39, 0.29) is 0 Å². The van der Waals surface area contributed by atoms with Crippen LogP contribution in [0.25, 0.3) is 0 Å². The molecule has 1 heterocycles. The van der Waals surface area contributed by atoms with Gasteiger partial charge < -0.3 is 9.64 Å². The Morgan fingerprint density at radius 2 is 2.45 bits per heavy atom. The van der Waals surface area contributed by atoms with E-state index in [1.807, 2.05) is 0 Å². The van der Waals surface area contributed by atoms with Gasteiger partial charge in [0.05, 0.1) is 0 Å². The van der Waals surface area contributed by atoms with E-state index in [0.717, 1.165) is 32.7 Å². The third-order valence-corrected chi connectivity index (χ3v) is 2.23. The van der Waals surface area contributed by atoms with Gasteiger partial charge in [0.1, 0.15) is 0 Å². The van der Waals surface area contributed by atoms with E-state index in [0.29, 0.717) is 6.04 Å². The first-order valence-electron chi connectivity index (χ1n) is 4.17. The van der Waals surface area contributed by atoms with Gasteiger partial charge in [-0.1, -0.05) is 0 Å². The van der Waals surface area contributed by atoms with Gasteiger partial charge in [-0.2, -0.15) is 0 Å². The topological polar surface area (TPSA) is 26.6 Å². The summed E-state index contributed by atoms with van der Waals surface area (Å²) in [5.41, 5.74) is 0. The number of rotatable bonds is 3. The molecule has 0 N–H and O–H groups in total. The molecule has 1 saturated heterocycles. The fraction of sp³-hybridized carbons (Fsp3) is 1.00. The molecule has 0 aromatic carbocycles. The Morgan fingerprint density at radius 3 is 3.09 bits per heavy atom. The lowest BCUT2D eigenvalue weighted by atomic mass is 10.1. The molecule has 1 aliphatic rings. The zero-order valence-corrected chi connectivity index (χ0v) is 7.42. The second kappa shape index (κ2) is 4.70. The number of hydrogen-bond acceptors (Lipinski definition) is 2. The maximum absolute atomic E-state index is 5.02. The molecule has 0 saturated carbocycles. The number of ether oxygens (including phenoxy) is 1. The highest BCUT2D eigenvalue weighted by Gasteiger charge is 2.18. The van der Waals surface area contributed by atoms with Gasteiger partial charge in [-0.25, -0.2) is 5.32 Å². The van der Waals surface area contributed by atoms with Crippen molar-refractivity contribution >= 4 is 0 Å². The summed E-state index contributed by atoms with van der Waals surface area (Å²) in [7, 11) is 3.91. The molecule has 3 heteroatoms. The molecule has 0 spiro atoms. The van der Waals surface area contributed by atoms with Crippen LogP contribution in [0.5, 0.6) is 0 Å². The Morgan fingerprint density at radius 1 is 1.64 bits per heavy atom. The summed E-state index contributed by atoms with van der Waals surface area (Å²) in [5.74, 6) is 0. The minimum Gasteiger partial charge on any atom is -0.385 e. The second-order valence-corrected chi connectivity index (χ2v) is 3.05. The number of piperazine rings is 1. The van der Waals surface area contributed by atoms with Gasteiger partial charge >= 0.3 is 0 Å². The first-order chi connectivity index (χ1) is 5.34. The molecule has 65 valence electrons. The Hall–Kier alpha value is -0.120. The van der Waals surface area contributed by atoms with Crippen LogP contribution in [0.3, 0.4) is 0 Å². The highest BCUT2D eigenvalue weighted by atomic mass is 16.5. The molecule has 0 aromatic heterocycles. The predicted molar refractivity (Wildman–Crippen MR) is 44.8 cm³/mol. The minimum absolute atomic E-state index is 0.615. The molecule has 1 aliphatic heterocycles. The van der Waals surface area contributed by atoms with E-state index in [1.165, 1.54) is 0 Å². The maximum atomic E-state index is 5.02. The summed E-state index contributed by atoms with van der Waals surface area (Å²) in [6, 6.07) is 0.615. The molecule has 0 aliphatic carbocycles. The largest absolute Gasteiger partial charge is 0.385 e. The van der Waals surface area contributed by atoms with E-state index < -0.39 is 0 Å². The predicted octanol–water partition coefficient (Wildman–Crippen LogP) is -0.0587. The lowest BCUT2D eigenvalue weighted by molar-refractivity contribution is 0.130. The molecule has 0 amide bonds. The van der Waals surface area contributed by atoms with E-state index >= 15 is 0 Å². The molecular weight excluding hydrogens is 140 g/mol. The number of methoxy groups -OCH3 is 1. The first kappa shape index (κ1) is 8.97. The highest BCUT2D eigenvalue weighted by molar-refractivity contribution is 4.76. The molecule has 0 bridgehead atoms. The van der Waals surface area contributed by atoms with Crippen molar-refractivity contribution in [1.82, 2.24) is 10.2 Å². The molecule has 1 radical (unpaired) electrons. The lowest BCUT2D eigenvalue weighted by Crippen LogP contribution is -2.46. The van der Waals surface area contributed by atoms with Crippen molar-refractivity contribution in [3.63, 3.8) is 0 Å². The Kier molecular flexibility index (Phi) is 3.83. The minimum atomic E-state index is 0.615. The van der Waals surface area contributed by atoms with Crippen molar-refractivity contribution in [3.05, 3.63) is 0 Å². The average Bonchev–Trinajstić information content (AvgIpc) is 2.03. The van der Waals surface area contributed by atoms with E-state index in [2.05, 4.69) is 17.3 Å². The van der Waals surface area contributed by atoms with Gasteiger partial charge in [0, 0.05) is 39.4 Å².